The Bertz CT molecular complexity index is 1350. The maximum atomic E-state index is 13.1. The summed E-state index contributed by atoms with van der Waals surface area (Å²) in [4.78, 5) is 13.1. The molecule has 0 aliphatic carbocycles. The fraction of sp³-hybridized carbons (Fsp3) is 0.879. The van der Waals surface area contributed by atoms with E-state index in [1.807, 2.05) is 6.08 Å². The van der Waals surface area contributed by atoms with E-state index in [1.54, 1.807) is 6.08 Å². The van der Waals surface area contributed by atoms with Gasteiger partial charge >= 0.3 is 0 Å². The lowest BCUT2D eigenvalue weighted by atomic mass is 9.97. The van der Waals surface area contributed by atoms with Crippen molar-refractivity contribution in [2.45, 2.75) is 306 Å². The van der Waals surface area contributed by atoms with Gasteiger partial charge in [0, 0.05) is 6.42 Å². The van der Waals surface area contributed by atoms with Crippen LogP contribution in [-0.2, 0) is 23.7 Å². The van der Waals surface area contributed by atoms with E-state index in [2.05, 4.69) is 43.5 Å². The molecule has 0 saturated carbocycles. The van der Waals surface area contributed by atoms with Crippen molar-refractivity contribution in [1.29, 1.82) is 0 Å². The summed E-state index contributed by atoms with van der Waals surface area (Å²) < 4.78 is 22.7. The number of allylic oxidation sites excluding steroid dienone is 5. The average Bonchev–Trinajstić information content (AvgIpc) is 3.38. The van der Waals surface area contributed by atoms with Crippen LogP contribution in [-0.4, -0.2) is 140 Å². The third-order valence-corrected chi connectivity index (χ3v) is 14.3. The lowest BCUT2D eigenvalue weighted by Crippen LogP contribution is -2.65. The molecule has 9 N–H and O–H groups in total. The number of hydrogen-bond donors (Lipinski definition) is 9. The van der Waals surface area contributed by atoms with Crippen LogP contribution in [0.5, 0.6) is 0 Å². The third-order valence-electron chi connectivity index (χ3n) is 14.3. The molecule has 12 atom stereocenters. The summed E-state index contributed by atoms with van der Waals surface area (Å²) in [6.07, 6.45) is 36.5. The van der Waals surface area contributed by atoms with Crippen molar-refractivity contribution in [2.24, 2.45) is 0 Å². The minimum Gasteiger partial charge on any atom is -0.394 e. The molecule has 14 nitrogen and oxygen atoms in total. The van der Waals surface area contributed by atoms with Crippen molar-refractivity contribution in [3.63, 3.8) is 0 Å². The lowest BCUT2D eigenvalue weighted by molar-refractivity contribution is -0.359. The van der Waals surface area contributed by atoms with E-state index >= 15 is 0 Å². The molecule has 0 radical (unpaired) electrons. The number of amides is 1. The van der Waals surface area contributed by atoms with Gasteiger partial charge in [-0.05, 0) is 51.4 Å². The van der Waals surface area contributed by atoms with Gasteiger partial charge in [0.15, 0.2) is 12.6 Å². The van der Waals surface area contributed by atoms with Gasteiger partial charge in [-0.2, -0.15) is 0 Å². The zero-order valence-corrected chi connectivity index (χ0v) is 45.2. The van der Waals surface area contributed by atoms with Gasteiger partial charge in [-0.15, -0.1) is 0 Å². The topological polar surface area (TPSA) is 228 Å². The lowest BCUT2D eigenvalue weighted by Gasteiger charge is -2.46. The molecule has 2 rings (SSSR count). The van der Waals surface area contributed by atoms with Gasteiger partial charge in [-0.25, -0.2) is 0 Å². The number of aliphatic hydroxyl groups is 8. The molecule has 0 aromatic rings. The highest BCUT2D eigenvalue weighted by Crippen LogP contribution is 2.30. The van der Waals surface area contributed by atoms with Gasteiger partial charge in [0.2, 0.25) is 5.91 Å². The van der Waals surface area contributed by atoms with Crippen molar-refractivity contribution >= 4 is 5.91 Å². The number of carbonyl (C=O) groups is 1. The maximum Gasteiger partial charge on any atom is 0.220 e. The van der Waals surface area contributed by atoms with Crippen LogP contribution >= 0.6 is 0 Å². The SMILES string of the molecule is CCC/C=C\CCCCCCCC(=O)NC(COC1OC(CO)C(OC2OC(CO)C(O)C(O)C2O)C(O)C1O)C(O)/C=C/CC/C=C/CCCCCCCCCCCCCCCCCCCCCCCC. The van der Waals surface area contributed by atoms with Crippen LogP contribution in [0.3, 0.4) is 0 Å². The molecule has 2 heterocycles. The first-order chi connectivity index (χ1) is 35.1. The Morgan fingerprint density at radius 1 is 0.486 bits per heavy atom. The Morgan fingerprint density at radius 3 is 1.42 bits per heavy atom. The van der Waals surface area contributed by atoms with Crippen LogP contribution in [0.1, 0.15) is 232 Å². The predicted molar refractivity (Wildman–Crippen MR) is 286 cm³/mol. The number of ether oxygens (including phenoxy) is 4. The van der Waals surface area contributed by atoms with Gasteiger partial charge in [-0.3, -0.25) is 4.79 Å². The van der Waals surface area contributed by atoms with Crippen molar-refractivity contribution in [3.05, 3.63) is 36.5 Å². The van der Waals surface area contributed by atoms with E-state index < -0.39 is 86.8 Å². The largest absolute Gasteiger partial charge is 0.394 e. The summed E-state index contributed by atoms with van der Waals surface area (Å²) in [6.45, 7) is 2.71. The molecule has 1 amide bonds. The van der Waals surface area contributed by atoms with Crippen molar-refractivity contribution in [2.75, 3.05) is 19.8 Å². The first-order valence-corrected chi connectivity index (χ1v) is 29.2. The first kappa shape index (κ1) is 66.3. The fourth-order valence-corrected chi connectivity index (χ4v) is 9.55. The molecule has 2 fully saturated rings. The first-order valence-electron chi connectivity index (χ1n) is 29.2. The Labute approximate surface area is 436 Å². The molecular formula is C58H107NO13. The highest BCUT2D eigenvalue weighted by atomic mass is 16.7. The summed E-state index contributed by atoms with van der Waals surface area (Å²) in [5.74, 6) is -0.261. The monoisotopic (exact) mass is 1030 g/mol. The second-order valence-electron chi connectivity index (χ2n) is 20.8. The standard InChI is InChI=1S/C58H107NO13/c1-3-5-7-9-11-13-15-16-17-18-19-20-21-22-23-24-25-26-27-28-29-30-31-32-33-35-37-39-41-47(62)46(59-50(63)42-40-38-36-34-14-12-10-8-6-4-2)45-69-57-55(68)53(66)56(49(44-61)71-57)72-58-54(67)52(65)51(64)48(43-60)70-58/h8,10,32-33,39,41,46-49,51-58,60-62,64-68H,3-7,9,11-31,34-38,40,42-45H2,1-2H3,(H,59,63)/b10-8-,33-32+,41-39+. The van der Waals surface area contributed by atoms with E-state index in [1.165, 1.54) is 141 Å². The Hall–Kier alpha value is -1.79. The van der Waals surface area contributed by atoms with Gasteiger partial charge in [-0.1, -0.05) is 211 Å². The minimum atomic E-state index is -1.79. The number of unbranched alkanes of at least 4 members (excludes halogenated alkanes) is 29. The summed E-state index contributed by atoms with van der Waals surface area (Å²) >= 11 is 0. The van der Waals surface area contributed by atoms with E-state index in [0.29, 0.717) is 12.8 Å². The number of carbonyl (C=O) groups excluding carboxylic acids is 1. The second-order valence-corrected chi connectivity index (χ2v) is 20.8. The zero-order chi connectivity index (χ0) is 52.4. The van der Waals surface area contributed by atoms with Crippen LogP contribution in [0.25, 0.3) is 0 Å². The second kappa shape index (κ2) is 44.3. The molecule has 2 aliphatic rings. The van der Waals surface area contributed by atoms with Crippen molar-refractivity contribution in [1.82, 2.24) is 5.32 Å². The van der Waals surface area contributed by atoms with Gasteiger partial charge in [0.05, 0.1) is 32.0 Å². The van der Waals surface area contributed by atoms with Gasteiger partial charge in [0.25, 0.3) is 0 Å². The molecule has 422 valence electrons. The maximum absolute atomic E-state index is 13.1. The highest BCUT2D eigenvalue weighted by Gasteiger charge is 2.51. The molecule has 2 aliphatic heterocycles. The van der Waals surface area contributed by atoms with Crippen LogP contribution < -0.4 is 5.32 Å². The van der Waals surface area contributed by atoms with E-state index in [4.69, 9.17) is 18.9 Å². The Kier molecular flexibility index (Phi) is 40.9. The molecule has 0 bridgehead atoms. The summed E-state index contributed by atoms with van der Waals surface area (Å²) in [5, 5.41) is 86.8. The van der Waals surface area contributed by atoms with Gasteiger partial charge < -0.3 is 65.1 Å². The van der Waals surface area contributed by atoms with Gasteiger partial charge in [0.1, 0.15) is 48.8 Å². The quantitative estimate of drug-likeness (QED) is 0.0205. The molecule has 12 unspecified atom stereocenters. The molecular weight excluding hydrogens is 919 g/mol. The fourth-order valence-electron chi connectivity index (χ4n) is 9.55. The van der Waals surface area contributed by atoms with Crippen LogP contribution in [0.2, 0.25) is 0 Å². The summed E-state index contributed by atoms with van der Waals surface area (Å²) in [7, 11) is 0. The molecule has 2 saturated heterocycles. The minimum absolute atomic E-state index is 0.261. The molecule has 72 heavy (non-hydrogen) atoms. The average molecular weight is 1030 g/mol. The highest BCUT2D eigenvalue weighted by molar-refractivity contribution is 5.76. The molecule has 14 heteroatoms. The van der Waals surface area contributed by atoms with Crippen LogP contribution in [0.15, 0.2) is 36.5 Å². The van der Waals surface area contributed by atoms with E-state index in [9.17, 15) is 45.6 Å². The van der Waals surface area contributed by atoms with Crippen molar-refractivity contribution in [3.8, 4) is 0 Å². The number of hydrogen-bond acceptors (Lipinski definition) is 13. The van der Waals surface area contributed by atoms with Crippen molar-refractivity contribution < 1.29 is 64.6 Å². The smallest absolute Gasteiger partial charge is 0.220 e. The third kappa shape index (κ3) is 30.1. The zero-order valence-electron chi connectivity index (χ0n) is 45.2. The number of aliphatic hydroxyl groups excluding tert-OH is 8. The summed E-state index contributed by atoms with van der Waals surface area (Å²) in [6, 6.07) is -0.934. The Balaban J connectivity index is 1.71. The normalized spacial score (nSPS) is 25.8. The predicted octanol–water partition coefficient (Wildman–Crippen LogP) is 9.44. The van der Waals surface area contributed by atoms with Crippen LogP contribution in [0, 0.1) is 0 Å². The summed E-state index contributed by atoms with van der Waals surface area (Å²) in [5.41, 5.74) is 0. The number of rotatable bonds is 46. The van der Waals surface area contributed by atoms with Crippen LogP contribution in [0.4, 0.5) is 0 Å². The van der Waals surface area contributed by atoms with E-state index in [-0.39, 0.29) is 18.9 Å². The van der Waals surface area contributed by atoms with E-state index in [0.717, 1.165) is 57.8 Å². The molecule has 0 aromatic heterocycles. The molecule has 0 aromatic carbocycles. The number of nitrogens with one attached hydrogen (secondary N) is 1. The molecule has 0 spiro atoms. The Morgan fingerprint density at radius 2 is 0.917 bits per heavy atom.